The van der Waals surface area contributed by atoms with E-state index < -0.39 is 11.2 Å². The minimum atomic E-state index is -0.638. The number of nitrogens with two attached hydrogens (primary N) is 1. The number of imide groups is 1. The highest BCUT2D eigenvalue weighted by atomic mass is 32.2. The van der Waals surface area contributed by atoms with Gasteiger partial charge in [-0.15, -0.1) is 23.1 Å². The monoisotopic (exact) mass is 782 g/mol. The van der Waals surface area contributed by atoms with E-state index in [1.54, 1.807) is 0 Å². The molecule has 1 unspecified atom stereocenters. The van der Waals surface area contributed by atoms with E-state index in [0.717, 1.165) is 68.5 Å². The molecule has 0 saturated carbocycles. The van der Waals surface area contributed by atoms with Gasteiger partial charge in [0.05, 0.1) is 30.7 Å². The molecule has 17 nitrogen and oxygen atoms in total. The van der Waals surface area contributed by atoms with Gasteiger partial charge in [0.15, 0.2) is 5.13 Å². The number of carbonyl (C=O) groups excluding carboxylic acids is 7. The van der Waals surface area contributed by atoms with Crippen LogP contribution in [0.25, 0.3) is 0 Å². The Balaban J connectivity index is 1.14. The molecule has 0 aromatic carbocycles. The van der Waals surface area contributed by atoms with Crippen molar-refractivity contribution in [3.63, 3.8) is 0 Å². The van der Waals surface area contributed by atoms with Gasteiger partial charge in [-0.05, 0) is 50.8 Å². The molecule has 1 aromatic rings. The number of hydrogen-bond donors (Lipinski definition) is 6. The summed E-state index contributed by atoms with van der Waals surface area (Å²) < 4.78 is 10.6. The fourth-order valence-electron chi connectivity index (χ4n) is 5.55. The van der Waals surface area contributed by atoms with Gasteiger partial charge in [-0.2, -0.15) is 0 Å². The van der Waals surface area contributed by atoms with Crippen molar-refractivity contribution in [2.75, 3.05) is 70.2 Å². The first-order chi connectivity index (χ1) is 25.5. The summed E-state index contributed by atoms with van der Waals surface area (Å²) in [5, 5.41) is 14.2. The van der Waals surface area contributed by atoms with Crippen molar-refractivity contribution < 1.29 is 43.0 Å². The molecule has 19 heteroatoms. The summed E-state index contributed by atoms with van der Waals surface area (Å²) in [6.07, 6.45) is 7.51. The van der Waals surface area contributed by atoms with Crippen molar-refractivity contribution in [1.82, 2.24) is 31.2 Å². The summed E-state index contributed by atoms with van der Waals surface area (Å²) >= 11 is 2.94. The second-order valence-electron chi connectivity index (χ2n) is 12.7. The van der Waals surface area contributed by atoms with Crippen molar-refractivity contribution in [3.05, 3.63) is 10.6 Å². The molecule has 3 rings (SSSR count). The highest BCUT2D eigenvalue weighted by molar-refractivity contribution is 8.00. The number of fused-ring (bicyclic) bond motifs is 1. The summed E-state index contributed by atoms with van der Waals surface area (Å²) in [7, 11) is 0. The van der Waals surface area contributed by atoms with Gasteiger partial charge in [0.1, 0.15) is 13.2 Å². The number of likely N-dealkylation sites (tertiary alicyclic amines) is 1. The lowest BCUT2D eigenvalue weighted by Crippen LogP contribution is -2.36. The number of aromatic nitrogens is 1. The van der Waals surface area contributed by atoms with Gasteiger partial charge in [-0.1, -0.05) is 19.8 Å². The molecule has 2 aliphatic rings. The van der Waals surface area contributed by atoms with Crippen LogP contribution in [0, 0.1) is 0 Å². The number of ether oxygens (including phenoxy) is 2. The Bertz CT molecular complexity index is 1400. The van der Waals surface area contributed by atoms with Crippen LogP contribution in [-0.2, 0) is 55.9 Å². The predicted molar refractivity (Wildman–Crippen MR) is 200 cm³/mol. The fraction of sp³-hybridized carbons (Fsp3) is 0.706. The summed E-state index contributed by atoms with van der Waals surface area (Å²) in [6.45, 7) is 3.46. The van der Waals surface area contributed by atoms with Gasteiger partial charge in [0, 0.05) is 49.8 Å². The first kappa shape index (κ1) is 43.8. The molecule has 1 aliphatic heterocycles. The third-order valence-corrected chi connectivity index (χ3v) is 10.6. The molecular weight excluding hydrogens is 729 g/mol. The first-order valence-electron chi connectivity index (χ1n) is 18.3. The number of thioether (sulfide) groups is 1. The van der Waals surface area contributed by atoms with Crippen molar-refractivity contribution in [2.45, 2.75) is 88.8 Å². The van der Waals surface area contributed by atoms with Crippen LogP contribution >= 0.6 is 23.1 Å². The van der Waals surface area contributed by atoms with Crippen molar-refractivity contribution in [3.8, 4) is 0 Å². The molecule has 1 fully saturated rings. The Labute approximate surface area is 318 Å². The molecule has 1 saturated heterocycles. The Hall–Kier alpha value is -3.65. The summed E-state index contributed by atoms with van der Waals surface area (Å²) in [5.74, 6) is -1.81. The van der Waals surface area contributed by atoms with E-state index in [2.05, 4.69) is 38.5 Å². The number of primary amides is 1. The molecule has 7 amide bonds. The zero-order valence-corrected chi connectivity index (χ0v) is 32.1. The third kappa shape index (κ3) is 17.4. The summed E-state index contributed by atoms with van der Waals surface area (Å²) in [6, 6.07) is 0.447. The average Bonchev–Trinajstić information content (AvgIpc) is 3.65. The molecule has 2 heterocycles. The van der Waals surface area contributed by atoms with Gasteiger partial charge in [-0.3, -0.25) is 43.8 Å². The molecule has 1 aliphatic carbocycles. The molecule has 0 bridgehead atoms. The molecule has 0 spiro atoms. The SMILES string of the molecule is CCCN[C@H]1CCc2nc(NC(=O)COCC(=O)NCCCCCCSC3CC(=O)N(CCC(=O)NCCOCCC(=O)NCC(N)=O)C3=O)sc2C1. The Morgan fingerprint density at radius 3 is 2.43 bits per heavy atom. The second kappa shape index (κ2) is 24.6. The van der Waals surface area contributed by atoms with E-state index in [9.17, 15) is 33.6 Å². The predicted octanol–water partition coefficient (Wildman–Crippen LogP) is 0.00690. The van der Waals surface area contributed by atoms with Crippen LogP contribution in [0.1, 0.15) is 75.3 Å². The number of rotatable bonds is 27. The van der Waals surface area contributed by atoms with E-state index >= 15 is 0 Å². The molecule has 296 valence electrons. The van der Waals surface area contributed by atoms with Crippen LogP contribution in [0.15, 0.2) is 0 Å². The van der Waals surface area contributed by atoms with Gasteiger partial charge < -0.3 is 36.5 Å². The van der Waals surface area contributed by atoms with E-state index in [-0.39, 0.29) is 101 Å². The number of thiazole rings is 1. The van der Waals surface area contributed by atoms with Crippen molar-refractivity contribution >= 4 is 69.6 Å². The fourth-order valence-corrected chi connectivity index (χ4v) is 7.84. The number of aryl methyl sites for hydroxylation is 1. The Kier molecular flexibility index (Phi) is 20.3. The minimum Gasteiger partial charge on any atom is -0.379 e. The van der Waals surface area contributed by atoms with Gasteiger partial charge in [0.25, 0.3) is 5.91 Å². The maximum atomic E-state index is 12.7. The minimum absolute atomic E-state index is 0.0113. The maximum Gasteiger partial charge on any atom is 0.252 e. The number of hydrogen-bond acceptors (Lipinski definition) is 13. The van der Waals surface area contributed by atoms with Crippen molar-refractivity contribution in [2.24, 2.45) is 5.73 Å². The number of anilines is 1. The van der Waals surface area contributed by atoms with Crippen LogP contribution in [0.3, 0.4) is 0 Å². The van der Waals surface area contributed by atoms with Crippen LogP contribution in [0.5, 0.6) is 0 Å². The number of amides is 7. The highest BCUT2D eigenvalue weighted by Gasteiger charge is 2.38. The molecule has 1 aromatic heterocycles. The topological polar surface area (TPSA) is 240 Å². The van der Waals surface area contributed by atoms with E-state index in [1.165, 1.54) is 28.0 Å². The smallest absolute Gasteiger partial charge is 0.252 e. The highest BCUT2D eigenvalue weighted by Crippen LogP contribution is 2.30. The standard InChI is InChI=1S/C34H54N8O9S2/c1-2-11-36-23-7-8-24-25(18-23)53-34(40-24)41-31(47)22-51-21-30(46)37-12-5-3-4-6-17-52-26-19-32(48)42(33(26)49)14-9-28(44)38-13-16-50-15-10-29(45)39-20-27(35)43/h23,26,36H,2-22H2,1H3,(H2,35,43)(H,37,46)(H,38,44)(H,39,45)(H,40,41,47)/t23-,26?/m0/s1. The van der Waals surface area contributed by atoms with Crippen LogP contribution < -0.4 is 32.3 Å². The van der Waals surface area contributed by atoms with Crippen LogP contribution in [0.2, 0.25) is 0 Å². The maximum absolute atomic E-state index is 12.7. The van der Waals surface area contributed by atoms with Crippen LogP contribution in [0.4, 0.5) is 5.13 Å². The third-order valence-electron chi connectivity index (χ3n) is 8.31. The van der Waals surface area contributed by atoms with Crippen LogP contribution in [-0.4, -0.2) is 127 Å². The lowest BCUT2D eigenvalue weighted by atomic mass is 9.98. The first-order valence-corrected chi connectivity index (χ1v) is 20.1. The van der Waals surface area contributed by atoms with Gasteiger partial charge in [-0.25, -0.2) is 4.98 Å². The van der Waals surface area contributed by atoms with E-state index in [4.69, 9.17) is 15.2 Å². The molecule has 53 heavy (non-hydrogen) atoms. The quantitative estimate of drug-likeness (QED) is 0.0511. The zero-order valence-electron chi connectivity index (χ0n) is 30.5. The van der Waals surface area contributed by atoms with E-state index in [1.807, 2.05) is 0 Å². The van der Waals surface area contributed by atoms with Crippen molar-refractivity contribution in [1.29, 1.82) is 0 Å². The molecule has 0 radical (unpaired) electrons. The largest absolute Gasteiger partial charge is 0.379 e. The Morgan fingerprint density at radius 1 is 0.887 bits per heavy atom. The molecular formula is C34H54N8O9S2. The number of carbonyl (C=O) groups is 7. The summed E-state index contributed by atoms with van der Waals surface area (Å²) in [4.78, 5) is 90.7. The molecule has 7 N–H and O–H groups in total. The van der Waals surface area contributed by atoms with Gasteiger partial charge >= 0.3 is 0 Å². The number of unbranched alkanes of at least 4 members (excludes halogenated alkanes) is 3. The average molecular weight is 783 g/mol. The summed E-state index contributed by atoms with van der Waals surface area (Å²) in [5.41, 5.74) is 6.00. The number of nitrogens with one attached hydrogen (secondary N) is 5. The second-order valence-corrected chi connectivity index (χ2v) is 15.1. The van der Waals surface area contributed by atoms with Gasteiger partial charge in [0.2, 0.25) is 35.4 Å². The van der Waals surface area contributed by atoms with E-state index in [0.29, 0.717) is 23.5 Å². The lowest BCUT2D eigenvalue weighted by molar-refractivity contribution is -0.139. The normalized spacial score (nSPS) is 16.7. The number of nitrogens with zero attached hydrogens (tertiary/aromatic N) is 2. The Morgan fingerprint density at radius 2 is 1.64 bits per heavy atom. The zero-order chi connectivity index (χ0) is 38.4. The molecule has 2 atom stereocenters. The lowest BCUT2D eigenvalue weighted by Gasteiger charge is -2.21.